The van der Waals surface area contributed by atoms with Gasteiger partial charge in [-0.15, -0.1) is 0 Å². The molecule has 0 saturated heterocycles. The maximum atomic E-state index is 14.1. The predicted octanol–water partition coefficient (Wildman–Crippen LogP) is 3.95. The Bertz CT molecular complexity index is 410. The van der Waals surface area contributed by atoms with Crippen molar-refractivity contribution in [3.8, 4) is 0 Å². The number of rotatable bonds is 6. The van der Waals surface area contributed by atoms with E-state index in [1.54, 1.807) is 27.7 Å². The Morgan fingerprint density at radius 3 is 1.91 bits per heavy atom. The number of halogens is 1. The molecule has 1 unspecified atom stereocenters. The second-order valence-electron chi connectivity index (χ2n) is 7.92. The van der Waals surface area contributed by atoms with Gasteiger partial charge >= 0.3 is 12.1 Å². The van der Waals surface area contributed by atoms with Crippen LogP contribution in [0.3, 0.4) is 0 Å². The summed E-state index contributed by atoms with van der Waals surface area (Å²) >= 11 is 0. The number of ether oxygens (including phenoxy) is 2. The molecule has 5 nitrogen and oxygen atoms in total. The Morgan fingerprint density at radius 1 is 1.09 bits per heavy atom. The largest absolute Gasteiger partial charge is 0.461 e. The van der Waals surface area contributed by atoms with Gasteiger partial charge in [-0.2, -0.15) is 0 Å². The van der Waals surface area contributed by atoms with Gasteiger partial charge in [0.2, 0.25) is 0 Å². The second kappa shape index (κ2) is 7.97. The van der Waals surface area contributed by atoms with Crippen LogP contribution in [0.25, 0.3) is 0 Å². The molecule has 0 aromatic heterocycles. The number of carbonyl (C=O) groups excluding carboxylic acids is 2. The molecule has 0 aromatic rings. The topological polar surface area (TPSA) is 55.8 Å². The Hall–Kier alpha value is -1.33. The van der Waals surface area contributed by atoms with E-state index in [9.17, 15) is 14.0 Å². The molecule has 0 rings (SSSR count). The van der Waals surface area contributed by atoms with Crippen LogP contribution in [0.15, 0.2) is 0 Å². The van der Waals surface area contributed by atoms with Crippen LogP contribution in [0.2, 0.25) is 0 Å². The van der Waals surface area contributed by atoms with Gasteiger partial charge in [-0.3, -0.25) is 4.90 Å². The number of alkyl halides is 1. The second-order valence-corrected chi connectivity index (χ2v) is 7.92. The molecular weight excluding hydrogens is 301 g/mol. The van der Waals surface area contributed by atoms with E-state index in [0.717, 1.165) is 4.90 Å². The van der Waals surface area contributed by atoms with Gasteiger partial charge in [0.1, 0.15) is 23.4 Å². The number of hydrogen-bond donors (Lipinski definition) is 0. The SMILES string of the molecule is CC(C)C(C)OC(=O)[C@H](CC(C)(C)F)N(C)C(=O)OC(C)(C)C. The highest BCUT2D eigenvalue weighted by Gasteiger charge is 2.36. The molecule has 0 aliphatic rings. The van der Waals surface area contributed by atoms with E-state index in [-0.39, 0.29) is 18.4 Å². The molecular formula is C17H32FNO4. The van der Waals surface area contributed by atoms with E-state index < -0.39 is 29.4 Å². The fourth-order valence-electron chi connectivity index (χ4n) is 1.70. The zero-order valence-corrected chi connectivity index (χ0v) is 15.9. The van der Waals surface area contributed by atoms with Crippen LogP contribution < -0.4 is 0 Å². The molecule has 6 heteroatoms. The van der Waals surface area contributed by atoms with E-state index in [4.69, 9.17) is 9.47 Å². The van der Waals surface area contributed by atoms with Crippen LogP contribution in [0.5, 0.6) is 0 Å². The summed E-state index contributed by atoms with van der Waals surface area (Å²) in [6.45, 7) is 13.5. The molecule has 1 amide bonds. The molecule has 136 valence electrons. The molecule has 0 aliphatic heterocycles. The summed E-state index contributed by atoms with van der Waals surface area (Å²) in [4.78, 5) is 25.7. The van der Waals surface area contributed by atoms with Crippen molar-refractivity contribution in [3.63, 3.8) is 0 Å². The minimum atomic E-state index is -1.62. The summed E-state index contributed by atoms with van der Waals surface area (Å²) in [5.41, 5.74) is -2.32. The van der Waals surface area contributed by atoms with Crippen LogP contribution >= 0.6 is 0 Å². The molecule has 0 heterocycles. The van der Waals surface area contributed by atoms with Gasteiger partial charge < -0.3 is 9.47 Å². The summed E-state index contributed by atoms with van der Waals surface area (Å²) in [6, 6.07) is -1.04. The zero-order valence-electron chi connectivity index (χ0n) is 15.9. The standard InChI is InChI=1S/C17H32FNO4/c1-11(2)12(3)22-14(20)13(10-17(7,8)18)19(9)15(21)23-16(4,5)6/h11-13H,10H2,1-9H3/t12?,13-/m0/s1. The van der Waals surface area contributed by atoms with E-state index in [2.05, 4.69) is 0 Å². The van der Waals surface area contributed by atoms with Gasteiger partial charge in [-0.05, 0) is 47.5 Å². The van der Waals surface area contributed by atoms with E-state index in [1.807, 2.05) is 13.8 Å². The molecule has 23 heavy (non-hydrogen) atoms. The number of amides is 1. The lowest BCUT2D eigenvalue weighted by Gasteiger charge is -2.32. The quantitative estimate of drug-likeness (QED) is 0.691. The summed E-state index contributed by atoms with van der Waals surface area (Å²) in [5, 5.41) is 0. The first-order valence-electron chi connectivity index (χ1n) is 7.99. The van der Waals surface area contributed by atoms with Crippen LogP contribution in [0.1, 0.15) is 61.8 Å². The highest BCUT2D eigenvalue weighted by Crippen LogP contribution is 2.22. The van der Waals surface area contributed by atoms with Gasteiger partial charge in [0.25, 0.3) is 0 Å². The van der Waals surface area contributed by atoms with Crippen molar-refractivity contribution in [2.75, 3.05) is 7.05 Å². The monoisotopic (exact) mass is 333 g/mol. The smallest absolute Gasteiger partial charge is 0.410 e. The summed E-state index contributed by atoms with van der Waals surface area (Å²) in [7, 11) is 1.42. The Labute approximate surface area is 139 Å². The first-order valence-corrected chi connectivity index (χ1v) is 7.99. The summed E-state index contributed by atoms with van der Waals surface area (Å²) < 4.78 is 24.7. The number of carbonyl (C=O) groups is 2. The van der Waals surface area contributed by atoms with Crippen molar-refractivity contribution >= 4 is 12.1 Å². The third-order valence-electron chi connectivity index (χ3n) is 3.34. The van der Waals surface area contributed by atoms with Crippen molar-refractivity contribution in [2.45, 2.75) is 85.2 Å². The maximum Gasteiger partial charge on any atom is 0.410 e. The molecule has 0 fully saturated rings. The fourth-order valence-corrected chi connectivity index (χ4v) is 1.70. The summed E-state index contributed by atoms with van der Waals surface area (Å²) in [5.74, 6) is -0.491. The fraction of sp³-hybridized carbons (Fsp3) is 0.882. The molecule has 0 radical (unpaired) electrons. The van der Waals surface area contributed by atoms with E-state index in [1.165, 1.54) is 20.9 Å². The van der Waals surface area contributed by atoms with Crippen LogP contribution in [0.4, 0.5) is 9.18 Å². The van der Waals surface area contributed by atoms with E-state index in [0.29, 0.717) is 0 Å². The van der Waals surface area contributed by atoms with Crippen LogP contribution in [-0.2, 0) is 14.3 Å². The average molecular weight is 333 g/mol. The Morgan fingerprint density at radius 2 is 1.57 bits per heavy atom. The first-order chi connectivity index (χ1) is 10.1. The molecule has 2 atom stereocenters. The molecule has 0 saturated carbocycles. The lowest BCUT2D eigenvalue weighted by atomic mass is 10.00. The predicted molar refractivity (Wildman–Crippen MR) is 88.0 cm³/mol. The van der Waals surface area contributed by atoms with Crippen molar-refractivity contribution in [2.24, 2.45) is 5.92 Å². The molecule has 0 bridgehead atoms. The van der Waals surface area contributed by atoms with Gasteiger partial charge in [0.15, 0.2) is 0 Å². The third kappa shape index (κ3) is 8.77. The average Bonchev–Trinajstić information content (AvgIpc) is 2.31. The van der Waals surface area contributed by atoms with Crippen molar-refractivity contribution in [1.82, 2.24) is 4.90 Å². The highest BCUT2D eigenvalue weighted by molar-refractivity contribution is 5.81. The number of likely N-dealkylation sites (N-methyl/N-ethyl adjacent to an activating group) is 1. The van der Waals surface area contributed by atoms with E-state index >= 15 is 0 Å². The van der Waals surface area contributed by atoms with Gasteiger partial charge in [0, 0.05) is 13.5 Å². The maximum absolute atomic E-state index is 14.1. The van der Waals surface area contributed by atoms with Gasteiger partial charge in [-0.25, -0.2) is 14.0 Å². The molecule has 0 spiro atoms. The van der Waals surface area contributed by atoms with Crippen molar-refractivity contribution in [3.05, 3.63) is 0 Å². The number of hydrogen-bond acceptors (Lipinski definition) is 4. The highest BCUT2D eigenvalue weighted by atomic mass is 19.1. The minimum absolute atomic E-state index is 0.129. The van der Waals surface area contributed by atoms with Gasteiger partial charge in [0.05, 0.1) is 0 Å². The van der Waals surface area contributed by atoms with Gasteiger partial charge in [-0.1, -0.05) is 13.8 Å². The first kappa shape index (κ1) is 21.7. The molecule has 0 aromatic carbocycles. The molecule has 0 N–H and O–H groups in total. The lowest BCUT2D eigenvalue weighted by molar-refractivity contribution is -0.157. The van der Waals surface area contributed by atoms with Crippen molar-refractivity contribution in [1.29, 1.82) is 0 Å². The van der Waals surface area contributed by atoms with Crippen molar-refractivity contribution < 1.29 is 23.5 Å². The van der Waals surface area contributed by atoms with Crippen LogP contribution in [0, 0.1) is 5.92 Å². The normalized spacial score (nSPS) is 15.1. The Kier molecular flexibility index (Phi) is 7.51. The minimum Gasteiger partial charge on any atom is -0.461 e. The third-order valence-corrected chi connectivity index (χ3v) is 3.34. The summed E-state index contributed by atoms with van der Waals surface area (Å²) in [6.07, 6.45) is -1.16. The molecule has 0 aliphatic carbocycles. The lowest BCUT2D eigenvalue weighted by Crippen LogP contribution is -2.48. The zero-order chi connectivity index (χ0) is 18.6. The van der Waals surface area contributed by atoms with Crippen LogP contribution in [-0.4, -0.2) is 47.4 Å². The Balaban J connectivity index is 5.21. The number of esters is 1. The number of nitrogens with zero attached hydrogens (tertiary/aromatic N) is 1.